The maximum Gasteiger partial charge on any atom is 0.501 e. The molecule has 0 saturated carbocycles. The van der Waals surface area contributed by atoms with Crippen LogP contribution in [0.5, 0.6) is 0 Å². The minimum atomic E-state index is -5.49. The SMILES string of the molecule is Cc1ccc(C(C)C)c(N2C(=O)CSC2=NC(=O)Nc2ccc(-c3cn(-c4ccc(S(=O)(=O)C(F)(F)F)cc4)cn3)cc2F)c1. The van der Waals surface area contributed by atoms with Gasteiger partial charge >= 0.3 is 11.5 Å². The number of anilines is 2. The molecule has 0 atom stereocenters. The van der Waals surface area contributed by atoms with E-state index in [0.29, 0.717) is 22.6 Å². The van der Waals surface area contributed by atoms with Crippen molar-refractivity contribution in [2.75, 3.05) is 16.0 Å². The van der Waals surface area contributed by atoms with Gasteiger partial charge in [0.2, 0.25) is 5.91 Å². The zero-order valence-corrected chi connectivity index (χ0v) is 25.6. The van der Waals surface area contributed by atoms with Gasteiger partial charge in [-0.05, 0) is 66.4 Å². The maximum atomic E-state index is 15.1. The summed E-state index contributed by atoms with van der Waals surface area (Å²) in [5.41, 5.74) is -2.14. The highest BCUT2D eigenvalue weighted by molar-refractivity contribution is 8.15. The third kappa shape index (κ3) is 6.49. The lowest BCUT2D eigenvalue weighted by Gasteiger charge is -2.22. The lowest BCUT2D eigenvalue weighted by molar-refractivity contribution is -0.115. The van der Waals surface area contributed by atoms with Gasteiger partial charge in [0.15, 0.2) is 5.17 Å². The summed E-state index contributed by atoms with van der Waals surface area (Å²) in [6.45, 7) is 5.89. The molecule has 0 aliphatic carbocycles. The Hall–Kier alpha value is -4.50. The number of aryl methyl sites for hydroxylation is 1. The van der Waals surface area contributed by atoms with Crippen LogP contribution in [0.25, 0.3) is 16.9 Å². The van der Waals surface area contributed by atoms with Gasteiger partial charge in [0, 0.05) is 17.4 Å². The van der Waals surface area contributed by atoms with E-state index in [1.165, 1.54) is 46.3 Å². The number of carbonyl (C=O) groups is 2. The number of carbonyl (C=O) groups excluding carboxylic acids is 2. The Morgan fingerprint density at radius 1 is 1.07 bits per heavy atom. The first-order valence-electron chi connectivity index (χ1n) is 13.4. The molecule has 1 aliphatic heterocycles. The molecular weight excluding hydrogens is 634 g/mol. The van der Waals surface area contributed by atoms with Crippen molar-refractivity contribution in [1.82, 2.24) is 9.55 Å². The number of imidazole rings is 1. The molecule has 0 unspecified atom stereocenters. The minimum absolute atomic E-state index is 0.101. The van der Waals surface area contributed by atoms with E-state index in [4.69, 9.17) is 0 Å². The van der Waals surface area contributed by atoms with Gasteiger partial charge in [0.1, 0.15) is 5.82 Å². The van der Waals surface area contributed by atoms with Gasteiger partial charge < -0.3 is 9.88 Å². The smallest absolute Gasteiger partial charge is 0.306 e. The monoisotopic (exact) mass is 659 g/mol. The number of hydrogen-bond acceptors (Lipinski definition) is 6. The molecule has 3 amide bonds. The Balaban J connectivity index is 1.32. The van der Waals surface area contributed by atoms with Crippen molar-refractivity contribution in [2.24, 2.45) is 4.99 Å². The summed E-state index contributed by atoms with van der Waals surface area (Å²) in [5, 5.41) is 2.58. The van der Waals surface area contributed by atoms with Crippen LogP contribution in [0, 0.1) is 12.7 Å². The number of thioether (sulfide) groups is 1. The van der Waals surface area contributed by atoms with Gasteiger partial charge in [0.05, 0.1) is 34.0 Å². The molecule has 1 saturated heterocycles. The average molecular weight is 660 g/mol. The number of alkyl halides is 3. The molecule has 1 N–H and O–H groups in total. The van der Waals surface area contributed by atoms with Crippen molar-refractivity contribution < 1.29 is 35.6 Å². The second kappa shape index (κ2) is 12.1. The van der Waals surface area contributed by atoms with Crippen LogP contribution in [-0.2, 0) is 14.6 Å². The first kappa shape index (κ1) is 31.9. The lowest BCUT2D eigenvalue weighted by Crippen LogP contribution is -2.31. The maximum absolute atomic E-state index is 15.1. The highest BCUT2D eigenvalue weighted by Crippen LogP contribution is 2.35. The standard InChI is InChI=1S/C30H25F4N5O4S2/c1-17(2)22-10-4-18(3)12-26(22)39-27(40)15-44-29(39)37-28(41)36-24-11-5-19(13-23(24)31)25-14-38(16-35-25)20-6-8-21(9-7-20)45(42,43)30(32,33)34/h4-14,16-17H,15H2,1-3H3,(H,36,41). The molecule has 1 aliphatic rings. The molecule has 9 nitrogen and oxygen atoms in total. The number of nitrogens with zero attached hydrogens (tertiary/aromatic N) is 4. The summed E-state index contributed by atoms with van der Waals surface area (Å²) >= 11 is 1.11. The van der Waals surface area contributed by atoms with E-state index in [-0.39, 0.29) is 28.4 Å². The van der Waals surface area contributed by atoms with Crippen molar-refractivity contribution in [1.29, 1.82) is 0 Å². The predicted molar refractivity (Wildman–Crippen MR) is 164 cm³/mol. The van der Waals surface area contributed by atoms with Gasteiger partial charge in [-0.1, -0.05) is 43.8 Å². The fraction of sp³-hybridized carbons (Fsp3) is 0.200. The number of aromatic nitrogens is 2. The van der Waals surface area contributed by atoms with E-state index in [0.717, 1.165) is 41.1 Å². The van der Waals surface area contributed by atoms with Gasteiger partial charge in [-0.15, -0.1) is 0 Å². The van der Waals surface area contributed by atoms with Crippen molar-refractivity contribution >= 4 is 50.1 Å². The van der Waals surface area contributed by atoms with Crippen LogP contribution >= 0.6 is 11.8 Å². The molecule has 0 spiro atoms. The molecule has 0 bridgehead atoms. The van der Waals surface area contributed by atoms with Crippen LogP contribution in [0.2, 0.25) is 0 Å². The molecule has 3 aromatic carbocycles. The third-order valence-corrected chi connectivity index (χ3v) is 9.28. The number of urea groups is 1. The molecule has 2 heterocycles. The Bertz CT molecular complexity index is 1940. The van der Waals surface area contributed by atoms with Gasteiger partial charge in [-0.25, -0.2) is 22.6 Å². The van der Waals surface area contributed by atoms with Crippen molar-refractivity contribution in [3.8, 4) is 16.9 Å². The van der Waals surface area contributed by atoms with E-state index < -0.39 is 32.1 Å². The number of rotatable bonds is 6. The van der Waals surface area contributed by atoms with E-state index in [1.54, 1.807) is 0 Å². The Morgan fingerprint density at radius 3 is 2.42 bits per heavy atom. The highest BCUT2D eigenvalue weighted by Gasteiger charge is 2.46. The molecule has 15 heteroatoms. The van der Waals surface area contributed by atoms with Crippen LogP contribution in [0.1, 0.15) is 30.9 Å². The molecule has 1 aromatic heterocycles. The number of benzene rings is 3. The van der Waals surface area contributed by atoms with E-state index in [9.17, 15) is 31.2 Å². The van der Waals surface area contributed by atoms with Crippen LogP contribution in [0.15, 0.2) is 83.1 Å². The molecule has 1 fully saturated rings. The topological polar surface area (TPSA) is 114 Å². The van der Waals surface area contributed by atoms with Crippen molar-refractivity contribution in [3.63, 3.8) is 0 Å². The minimum Gasteiger partial charge on any atom is -0.306 e. The summed E-state index contributed by atoms with van der Waals surface area (Å²) in [4.78, 5) is 34.4. The van der Waals surface area contributed by atoms with Gasteiger partial charge in [-0.2, -0.15) is 18.2 Å². The third-order valence-electron chi connectivity index (χ3n) is 6.85. The zero-order valence-electron chi connectivity index (χ0n) is 24.0. The van der Waals surface area contributed by atoms with Gasteiger partial charge in [0.25, 0.3) is 9.84 Å². The summed E-state index contributed by atoms with van der Waals surface area (Å²) in [5.74, 6) is -0.804. The van der Waals surface area contributed by atoms with Gasteiger partial charge in [-0.3, -0.25) is 9.69 Å². The molecule has 45 heavy (non-hydrogen) atoms. The summed E-state index contributed by atoms with van der Waals surface area (Å²) in [7, 11) is -5.49. The van der Waals surface area contributed by atoms with Crippen LogP contribution in [0.3, 0.4) is 0 Å². The number of hydrogen-bond donors (Lipinski definition) is 1. The number of amidine groups is 1. The Kier molecular flexibility index (Phi) is 8.60. The molecule has 5 rings (SSSR count). The fourth-order valence-corrected chi connectivity index (χ4v) is 6.19. The fourth-order valence-electron chi connectivity index (χ4n) is 4.57. The van der Waals surface area contributed by atoms with E-state index in [1.807, 2.05) is 39.0 Å². The normalized spacial score (nSPS) is 14.9. The average Bonchev–Trinajstić information content (AvgIpc) is 3.60. The molecule has 0 radical (unpaired) electrons. The Morgan fingerprint density at radius 2 is 1.78 bits per heavy atom. The number of sulfone groups is 1. The first-order valence-corrected chi connectivity index (χ1v) is 15.8. The first-order chi connectivity index (χ1) is 21.2. The van der Waals surface area contributed by atoms with E-state index >= 15 is 4.39 Å². The number of halogens is 4. The van der Waals surface area contributed by atoms with Crippen molar-refractivity contribution in [3.05, 3.63) is 90.1 Å². The van der Waals surface area contributed by atoms with Crippen LogP contribution in [0.4, 0.5) is 33.7 Å². The van der Waals surface area contributed by atoms with E-state index in [2.05, 4.69) is 15.3 Å². The molecular formula is C30H25F4N5O4S2. The van der Waals surface area contributed by atoms with Crippen molar-refractivity contribution in [2.45, 2.75) is 37.1 Å². The molecule has 4 aromatic rings. The quantitative estimate of drug-likeness (QED) is 0.222. The number of aliphatic imine (C=N–C) groups is 1. The second-order valence-electron chi connectivity index (χ2n) is 10.4. The summed E-state index contributed by atoms with van der Waals surface area (Å²) in [6.07, 6.45) is 2.81. The lowest BCUT2D eigenvalue weighted by atomic mass is 9.99. The van der Waals surface area contributed by atoms with Crippen LogP contribution in [-0.4, -0.2) is 46.3 Å². The largest absolute Gasteiger partial charge is 0.501 e. The number of amides is 3. The summed E-state index contributed by atoms with van der Waals surface area (Å²) in [6, 6.07) is 12.9. The second-order valence-corrected chi connectivity index (χ2v) is 13.2. The predicted octanol–water partition coefficient (Wildman–Crippen LogP) is 7.07. The highest BCUT2D eigenvalue weighted by atomic mass is 32.2. The number of nitrogens with one attached hydrogen (secondary N) is 1. The zero-order chi connectivity index (χ0) is 32.7. The summed E-state index contributed by atoms with van der Waals surface area (Å²) < 4.78 is 78.2. The molecule has 234 valence electrons. The van der Waals surface area contributed by atoms with Crippen LogP contribution < -0.4 is 10.2 Å². The Labute approximate surface area is 259 Å².